The zero-order chi connectivity index (χ0) is 19.1. The zero-order valence-electron chi connectivity index (χ0n) is 15.8. The summed E-state index contributed by atoms with van der Waals surface area (Å²) in [6.45, 7) is 2.72. The van der Waals surface area contributed by atoms with E-state index in [0.29, 0.717) is 36.2 Å². The summed E-state index contributed by atoms with van der Waals surface area (Å²) in [4.78, 5) is 0. The highest BCUT2D eigenvalue weighted by atomic mass is 35.5. The molecule has 146 valence electrons. The average molecular weight is 392 g/mol. The minimum absolute atomic E-state index is 0.205. The molecule has 1 saturated heterocycles. The van der Waals surface area contributed by atoms with E-state index >= 15 is 0 Å². The van der Waals surface area contributed by atoms with Crippen molar-refractivity contribution in [2.75, 3.05) is 27.4 Å². The molecule has 0 saturated carbocycles. The van der Waals surface area contributed by atoms with E-state index in [1.165, 1.54) is 0 Å². The molecule has 2 aromatic rings. The van der Waals surface area contributed by atoms with Gasteiger partial charge >= 0.3 is 0 Å². The highest BCUT2D eigenvalue weighted by molar-refractivity contribution is 6.31. The second-order valence-electron chi connectivity index (χ2n) is 6.46. The van der Waals surface area contributed by atoms with Gasteiger partial charge in [-0.05, 0) is 30.5 Å². The van der Waals surface area contributed by atoms with Gasteiger partial charge in [-0.3, -0.25) is 0 Å². The molecular weight excluding hydrogens is 366 g/mol. The Morgan fingerprint density at radius 3 is 2.52 bits per heavy atom. The van der Waals surface area contributed by atoms with Gasteiger partial charge in [0, 0.05) is 36.3 Å². The van der Waals surface area contributed by atoms with Crippen LogP contribution in [-0.4, -0.2) is 33.5 Å². The molecular formula is C21H26ClNO4. The summed E-state index contributed by atoms with van der Waals surface area (Å²) in [6.07, 6.45) is 2.39. The molecule has 1 N–H and O–H groups in total. The second kappa shape index (κ2) is 9.83. The molecule has 1 aliphatic rings. The lowest BCUT2D eigenvalue weighted by Gasteiger charge is -2.16. The Labute approximate surface area is 165 Å². The van der Waals surface area contributed by atoms with Crippen molar-refractivity contribution in [3.63, 3.8) is 0 Å². The molecule has 1 fully saturated rings. The fourth-order valence-corrected chi connectivity index (χ4v) is 3.33. The van der Waals surface area contributed by atoms with Crippen molar-refractivity contribution < 1.29 is 18.9 Å². The Hall–Kier alpha value is -1.95. The molecule has 1 heterocycles. The van der Waals surface area contributed by atoms with Crippen molar-refractivity contribution in [1.29, 1.82) is 0 Å². The maximum Gasteiger partial charge on any atom is 0.162 e. The lowest BCUT2D eigenvalue weighted by atomic mass is 10.1. The van der Waals surface area contributed by atoms with Crippen LogP contribution in [0.3, 0.4) is 0 Å². The molecule has 0 spiro atoms. The van der Waals surface area contributed by atoms with Crippen LogP contribution in [0.15, 0.2) is 36.4 Å². The van der Waals surface area contributed by atoms with E-state index in [4.69, 9.17) is 30.5 Å². The number of para-hydroxylation sites is 1. The van der Waals surface area contributed by atoms with Gasteiger partial charge in [-0.1, -0.05) is 29.8 Å². The molecule has 0 bridgehead atoms. The average Bonchev–Trinajstić information content (AvgIpc) is 3.21. The third-order valence-electron chi connectivity index (χ3n) is 4.60. The Bertz CT molecular complexity index is 747. The first-order chi connectivity index (χ1) is 13.2. The molecule has 0 aliphatic carbocycles. The zero-order valence-corrected chi connectivity index (χ0v) is 16.6. The number of ether oxygens (including phenoxy) is 4. The van der Waals surface area contributed by atoms with Gasteiger partial charge in [-0.25, -0.2) is 0 Å². The summed E-state index contributed by atoms with van der Waals surface area (Å²) in [6, 6.07) is 11.7. The van der Waals surface area contributed by atoms with E-state index < -0.39 is 0 Å². The summed E-state index contributed by atoms with van der Waals surface area (Å²) in [7, 11) is 3.21. The molecule has 6 heteroatoms. The fraction of sp³-hybridized carbons (Fsp3) is 0.429. The summed E-state index contributed by atoms with van der Waals surface area (Å²) >= 11 is 6.36. The number of hydrogen-bond donors (Lipinski definition) is 1. The number of rotatable bonds is 9. The van der Waals surface area contributed by atoms with Crippen molar-refractivity contribution in [3.05, 3.63) is 52.5 Å². The Kier molecular flexibility index (Phi) is 7.21. The van der Waals surface area contributed by atoms with Crippen LogP contribution in [0.4, 0.5) is 0 Å². The predicted molar refractivity (Wildman–Crippen MR) is 106 cm³/mol. The first kappa shape index (κ1) is 19.8. The molecule has 0 aromatic heterocycles. The third kappa shape index (κ3) is 5.28. The van der Waals surface area contributed by atoms with Gasteiger partial charge in [0.2, 0.25) is 0 Å². The van der Waals surface area contributed by atoms with Crippen LogP contribution < -0.4 is 19.5 Å². The molecule has 1 unspecified atom stereocenters. The molecule has 1 atom stereocenters. The molecule has 3 rings (SSSR count). The van der Waals surface area contributed by atoms with Crippen LogP contribution >= 0.6 is 11.6 Å². The monoisotopic (exact) mass is 391 g/mol. The number of methoxy groups -OCH3 is 2. The Morgan fingerprint density at radius 1 is 1.04 bits per heavy atom. The van der Waals surface area contributed by atoms with Crippen molar-refractivity contribution in [1.82, 2.24) is 5.32 Å². The Morgan fingerprint density at radius 2 is 1.78 bits per heavy atom. The van der Waals surface area contributed by atoms with E-state index in [2.05, 4.69) is 11.4 Å². The summed E-state index contributed by atoms with van der Waals surface area (Å²) in [5.74, 6) is 2.18. The molecule has 0 amide bonds. The van der Waals surface area contributed by atoms with Gasteiger partial charge in [0.15, 0.2) is 11.5 Å². The predicted octanol–water partition coefficient (Wildman–Crippen LogP) is 4.20. The van der Waals surface area contributed by atoms with Crippen LogP contribution in [0, 0.1) is 0 Å². The third-order valence-corrected chi connectivity index (χ3v) is 4.96. The summed E-state index contributed by atoms with van der Waals surface area (Å²) in [5.41, 5.74) is 2.05. The Balaban J connectivity index is 1.59. The maximum atomic E-state index is 6.36. The van der Waals surface area contributed by atoms with E-state index in [1.807, 2.05) is 24.3 Å². The van der Waals surface area contributed by atoms with Crippen LogP contribution in [-0.2, 0) is 17.8 Å². The molecule has 5 nitrogen and oxygen atoms in total. The second-order valence-corrected chi connectivity index (χ2v) is 6.86. The topological polar surface area (TPSA) is 49.0 Å². The van der Waals surface area contributed by atoms with E-state index in [-0.39, 0.29) is 6.10 Å². The smallest absolute Gasteiger partial charge is 0.162 e. The van der Waals surface area contributed by atoms with E-state index in [0.717, 1.165) is 36.3 Å². The van der Waals surface area contributed by atoms with Gasteiger partial charge in [0.25, 0.3) is 0 Å². The van der Waals surface area contributed by atoms with Crippen LogP contribution in [0.1, 0.15) is 24.0 Å². The highest BCUT2D eigenvalue weighted by Gasteiger charge is 2.16. The number of nitrogens with one attached hydrogen (secondary N) is 1. The van der Waals surface area contributed by atoms with Crippen LogP contribution in [0.2, 0.25) is 5.02 Å². The lowest BCUT2D eigenvalue weighted by molar-refractivity contribution is 0.0676. The largest absolute Gasteiger partial charge is 0.493 e. The number of hydrogen-bond acceptors (Lipinski definition) is 5. The molecule has 27 heavy (non-hydrogen) atoms. The normalized spacial score (nSPS) is 16.3. The van der Waals surface area contributed by atoms with Gasteiger partial charge in [-0.2, -0.15) is 0 Å². The van der Waals surface area contributed by atoms with Crippen molar-refractivity contribution in [2.24, 2.45) is 0 Å². The van der Waals surface area contributed by atoms with Gasteiger partial charge < -0.3 is 24.3 Å². The summed E-state index contributed by atoms with van der Waals surface area (Å²) < 4.78 is 22.2. The fourth-order valence-electron chi connectivity index (χ4n) is 3.11. The van der Waals surface area contributed by atoms with E-state index in [9.17, 15) is 0 Å². The van der Waals surface area contributed by atoms with Crippen molar-refractivity contribution in [3.8, 4) is 17.2 Å². The van der Waals surface area contributed by atoms with Gasteiger partial charge in [0.1, 0.15) is 12.4 Å². The molecule has 1 aliphatic heterocycles. The first-order valence-electron chi connectivity index (χ1n) is 9.14. The van der Waals surface area contributed by atoms with Crippen molar-refractivity contribution in [2.45, 2.75) is 32.0 Å². The number of benzene rings is 2. The maximum absolute atomic E-state index is 6.36. The summed E-state index contributed by atoms with van der Waals surface area (Å²) in [5, 5.41) is 4.07. The van der Waals surface area contributed by atoms with E-state index in [1.54, 1.807) is 20.3 Å². The standard InChI is InChI=1S/C21H26ClNO4/c1-24-20-10-16(18(22)11-21(20)25-2)13-23-12-15-6-3-4-8-19(15)27-14-17-7-5-9-26-17/h3-4,6,8,10-11,17,23H,5,7,9,12-14H2,1-2H3. The minimum Gasteiger partial charge on any atom is -0.493 e. The van der Waals surface area contributed by atoms with Gasteiger partial charge in [-0.15, -0.1) is 0 Å². The van der Waals surface area contributed by atoms with Crippen LogP contribution in [0.25, 0.3) is 0 Å². The van der Waals surface area contributed by atoms with Crippen molar-refractivity contribution >= 4 is 11.6 Å². The highest BCUT2D eigenvalue weighted by Crippen LogP contribution is 2.33. The molecule has 2 aromatic carbocycles. The number of halogens is 1. The minimum atomic E-state index is 0.205. The quantitative estimate of drug-likeness (QED) is 0.694. The lowest BCUT2D eigenvalue weighted by Crippen LogP contribution is -2.18. The van der Waals surface area contributed by atoms with Crippen LogP contribution in [0.5, 0.6) is 17.2 Å². The SMILES string of the molecule is COc1cc(Cl)c(CNCc2ccccc2OCC2CCCO2)cc1OC. The first-order valence-corrected chi connectivity index (χ1v) is 9.52. The molecule has 0 radical (unpaired) electrons. The van der Waals surface area contributed by atoms with Gasteiger partial charge in [0.05, 0.1) is 20.3 Å².